The van der Waals surface area contributed by atoms with Gasteiger partial charge in [-0.25, -0.2) is 0 Å². The van der Waals surface area contributed by atoms with E-state index in [9.17, 15) is 4.79 Å². The smallest absolute Gasteiger partial charge is 0.258 e. The molecule has 2 rings (SSSR count). The van der Waals surface area contributed by atoms with Gasteiger partial charge in [0.2, 0.25) is 0 Å². The molecule has 1 heterocycles. The highest BCUT2D eigenvalue weighted by Gasteiger charge is 2.25. The van der Waals surface area contributed by atoms with Crippen LogP contribution in [0.4, 0.5) is 0 Å². The van der Waals surface area contributed by atoms with Crippen LogP contribution in [0.3, 0.4) is 0 Å². The molecule has 24 heavy (non-hydrogen) atoms. The summed E-state index contributed by atoms with van der Waals surface area (Å²) in [5, 5.41) is 3.05. The minimum atomic E-state index is -0.178. The Hall–Kier alpha value is -1.79. The molecule has 1 saturated heterocycles. The number of ether oxygens (including phenoxy) is 3. The quantitative estimate of drug-likeness (QED) is 0.823. The molecule has 1 aliphatic heterocycles. The highest BCUT2D eigenvalue weighted by atomic mass is 16.5. The lowest BCUT2D eigenvalue weighted by Crippen LogP contribution is -2.51. The van der Waals surface area contributed by atoms with Crippen molar-refractivity contribution in [1.82, 2.24) is 10.2 Å². The molecule has 1 N–H and O–H groups in total. The summed E-state index contributed by atoms with van der Waals surface area (Å²) in [5.74, 6) is 1.28. The van der Waals surface area contributed by atoms with Crippen LogP contribution >= 0.6 is 0 Å². The Kier molecular flexibility index (Phi) is 6.87. The van der Waals surface area contributed by atoms with E-state index >= 15 is 0 Å². The maximum Gasteiger partial charge on any atom is 0.258 e. The Bertz CT molecular complexity index is 520. The molecule has 1 aromatic carbocycles. The summed E-state index contributed by atoms with van der Waals surface area (Å²) in [6.07, 6.45) is 0. The van der Waals surface area contributed by atoms with E-state index in [2.05, 4.69) is 24.1 Å². The molecule has 0 aromatic heterocycles. The first-order chi connectivity index (χ1) is 11.6. The summed E-state index contributed by atoms with van der Waals surface area (Å²) in [5.41, 5.74) is 0.437. The molecule has 1 unspecified atom stereocenters. The summed E-state index contributed by atoms with van der Waals surface area (Å²) >= 11 is 0. The number of nitrogens with zero attached hydrogens (tertiary/aromatic N) is 1. The van der Waals surface area contributed by atoms with Crippen LogP contribution in [0.1, 0.15) is 24.2 Å². The maximum atomic E-state index is 12.7. The van der Waals surface area contributed by atoms with Gasteiger partial charge in [0.15, 0.2) is 0 Å². The molecule has 1 atom stereocenters. The molecule has 1 amide bonds. The Morgan fingerprint density at radius 1 is 1.21 bits per heavy atom. The molecular formula is C18H28N2O4. The number of carbonyl (C=O) groups excluding carboxylic acids is 1. The molecule has 0 aliphatic carbocycles. The monoisotopic (exact) mass is 336 g/mol. The van der Waals surface area contributed by atoms with E-state index < -0.39 is 0 Å². The lowest BCUT2D eigenvalue weighted by molar-refractivity contribution is 0.00672. The van der Waals surface area contributed by atoms with Gasteiger partial charge in [0.1, 0.15) is 17.1 Å². The molecule has 0 spiro atoms. The number of morpholine rings is 1. The lowest BCUT2D eigenvalue weighted by Gasteiger charge is -2.37. The molecule has 1 aliphatic rings. The molecule has 0 bridgehead atoms. The zero-order chi connectivity index (χ0) is 17.5. The van der Waals surface area contributed by atoms with E-state index in [1.54, 1.807) is 32.4 Å². The Balaban J connectivity index is 2.08. The van der Waals surface area contributed by atoms with Gasteiger partial charge < -0.3 is 19.5 Å². The van der Waals surface area contributed by atoms with Gasteiger partial charge in [-0.15, -0.1) is 0 Å². The van der Waals surface area contributed by atoms with Crippen LogP contribution < -0.4 is 14.8 Å². The third kappa shape index (κ3) is 4.39. The van der Waals surface area contributed by atoms with Gasteiger partial charge >= 0.3 is 0 Å². The van der Waals surface area contributed by atoms with Crippen molar-refractivity contribution in [3.05, 3.63) is 23.8 Å². The fourth-order valence-corrected chi connectivity index (χ4v) is 3.06. The predicted molar refractivity (Wildman–Crippen MR) is 92.9 cm³/mol. The summed E-state index contributed by atoms with van der Waals surface area (Å²) < 4.78 is 16.0. The minimum absolute atomic E-state index is 0.178. The van der Waals surface area contributed by atoms with E-state index in [-0.39, 0.29) is 11.9 Å². The van der Waals surface area contributed by atoms with Gasteiger partial charge in [-0.3, -0.25) is 9.69 Å². The van der Waals surface area contributed by atoms with Gasteiger partial charge in [0, 0.05) is 25.7 Å². The first-order valence-corrected chi connectivity index (χ1v) is 8.39. The number of nitrogens with one attached hydrogen (secondary N) is 1. The van der Waals surface area contributed by atoms with Crippen LogP contribution in [0.5, 0.6) is 11.5 Å². The average Bonchev–Trinajstić information content (AvgIpc) is 2.61. The molecule has 6 nitrogen and oxygen atoms in total. The van der Waals surface area contributed by atoms with Crippen LogP contribution in [-0.4, -0.2) is 63.9 Å². The van der Waals surface area contributed by atoms with Crippen molar-refractivity contribution in [2.75, 3.05) is 47.1 Å². The first kappa shape index (κ1) is 18.5. The summed E-state index contributed by atoms with van der Waals surface area (Å²) in [6, 6.07) is 5.61. The number of hydrogen-bond acceptors (Lipinski definition) is 5. The fourth-order valence-electron chi connectivity index (χ4n) is 3.06. The van der Waals surface area contributed by atoms with Gasteiger partial charge in [0.05, 0.1) is 27.4 Å². The highest BCUT2D eigenvalue weighted by Crippen LogP contribution is 2.28. The normalized spacial score (nSPS) is 16.7. The summed E-state index contributed by atoms with van der Waals surface area (Å²) in [6.45, 7) is 8.23. The number of methoxy groups -OCH3 is 2. The molecular weight excluding hydrogens is 308 g/mol. The molecule has 0 saturated carbocycles. The molecule has 1 fully saturated rings. The van der Waals surface area contributed by atoms with Crippen LogP contribution in [-0.2, 0) is 4.74 Å². The van der Waals surface area contributed by atoms with Crippen LogP contribution in [0.25, 0.3) is 0 Å². The number of carbonyl (C=O) groups is 1. The third-order valence-electron chi connectivity index (χ3n) is 4.41. The number of rotatable bonds is 7. The van der Waals surface area contributed by atoms with E-state index in [0.29, 0.717) is 29.5 Å². The van der Waals surface area contributed by atoms with Crippen LogP contribution in [0.15, 0.2) is 18.2 Å². The van der Waals surface area contributed by atoms with E-state index in [0.717, 1.165) is 26.3 Å². The highest BCUT2D eigenvalue weighted by molar-refractivity contribution is 5.99. The van der Waals surface area contributed by atoms with Crippen molar-refractivity contribution < 1.29 is 19.0 Å². The lowest BCUT2D eigenvalue weighted by atomic mass is 10.0. The molecule has 1 aromatic rings. The minimum Gasteiger partial charge on any atom is -0.496 e. The number of hydrogen-bond donors (Lipinski definition) is 1. The van der Waals surface area contributed by atoms with E-state index in [4.69, 9.17) is 14.2 Å². The Morgan fingerprint density at radius 2 is 1.79 bits per heavy atom. The maximum absolute atomic E-state index is 12.7. The Labute approximate surface area is 144 Å². The molecule has 134 valence electrons. The first-order valence-electron chi connectivity index (χ1n) is 8.39. The van der Waals surface area contributed by atoms with Crippen molar-refractivity contribution >= 4 is 5.91 Å². The van der Waals surface area contributed by atoms with E-state index in [1.807, 2.05) is 0 Å². The van der Waals surface area contributed by atoms with Gasteiger partial charge in [0.25, 0.3) is 5.91 Å². The second-order valence-corrected chi connectivity index (χ2v) is 6.21. The fraction of sp³-hybridized carbons (Fsp3) is 0.611. The van der Waals surface area contributed by atoms with Crippen molar-refractivity contribution in [2.45, 2.75) is 19.9 Å². The van der Waals surface area contributed by atoms with Crippen molar-refractivity contribution in [3.63, 3.8) is 0 Å². The van der Waals surface area contributed by atoms with Crippen LogP contribution in [0.2, 0.25) is 0 Å². The van der Waals surface area contributed by atoms with Crippen molar-refractivity contribution in [2.24, 2.45) is 5.92 Å². The zero-order valence-electron chi connectivity index (χ0n) is 15.0. The number of amides is 1. The average molecular weight is 336 g/mol. The molecule has 0 radical (unpaired) electrons. The SMILES string of the molecule is COc1cccc(OC)c1C(=O)NCC(C(C)C)N1CCOCC1. The largest absolute Gasteiger partial charge is 0.496 e. The van der Waals surface area contributed by atoms with Crippen LogP contribution in [0, 0.1) is 5.92 Å². The zero-order valence-corrected chi connectivity index (χ0v) is 15.0. The second-order valence-electron chi connectivity index (χ2n) is 6.21. The van der Waals surface area contributed by atoms with Gasteiger partial charge in [-0.1, -0.05) is 19.9 Å². The summed E-state index contributed by atoms with van der Waals surface area (Å²) in [4.78, 5) is 15.1. The van der Waals surface area contributed by atoms with Gasteiger partial charge in [-0.2, -0.15) is 0 Å². The molecule has 6 heteroatoms. The van der Waals surface area contributed by atoms with E-state index in [1.165, 1.54) is 0 Å². The number of benzene rings is 1. The second kappa shape index (κ2) is 8.89. The van der Waals surface area contributed by atoms with Crippen molar-refractivity contribution in [1.29, 1.82) is 0 Å². The van der Waals surface area contributed by atoms with Gasteiger partial charge in [-0.05, 0) is 18.1 Å². The third-order valence-corrected chi connectivity index (χ3v) is 4.41. The predicted octanol–water partition coefficient (Wildman–Crippen LogP) is 1.79. The Morgan fingerprint density at radius 3 is 2.29 bits per heavy atom. The topological polar surface area (TPSA) is 60.0 Å². The van der Waals surface area contributed by atoms with Crippen molar-refractivity contribution in [3.8, 4) is 11.5 Å². The summed E-state index contributed by atoms with van der Waals surface area (Å²) in [7, 11) is 3.10. The standard InChI is InChI=1S/C18H28N2O4/c1-13(2)14(20-8-10-24-11-9-20)12-19-18(21)17-15(22-3)6-5-7-16(17)23-4/h5-7,13-14H,8-12H2,1-4H3,(H,19,21).